The Kier molecular flexibility index (Phi) is 3.17. The number of hydrogen-bond donors (Lipinski definition) is 1. The lowest BCUT2D eigenvalue weighted by Crippen LogP contribution is -2.41. The smallest absolute Gasteiger partial charge is 0.398 e. The van der Waals surface area contributed by atoms with Gasteiger partial charge in [-0.2, -0.15) is 13.2 Å². The summed E-state index contributed by atoms with van der Waals surface area (Å²) in [7, 11) is -0.619. The fourth-order valence-corrected chi connectivity index (χ4v) is 2.43. The summed E-state index contributed by atoms with van der Waals surface area (Å²) in [4.78, 5) is 3.07. The maximum absolute atomic E-state index is 12.8. The highest BCUT2D eigenvalue weighted by Crippen LogP contribution is 2.37. The molecule has 0 spiro atoms. The van der Waals surface area contributed by atoms with Crippen molar-refractivity contribution in [3.05, 3.63) is 29.8 Å². The van der Waals surface area contributed by atoms with Crippen molar-refractivity contribution >= 4 is 23.6 Å². The largest absolute Gasteiger partial charge is 0.512 e. The first-order valence-corrected chi connectivity index (χ1v) is 7.05. The minimum Gasteiger partial charge on any atom is -0.398 e. The van der Waals surface area contributed by atoms with Gasteiger partial charge in [0.2, 0.25) is 0 Å². The predicted molar refractivity (Wildman–Crippen MR) is 79.0 cm³/mol. The molecule has 2 heterocycles. The van der Waals surface area contributed by atoms with Gasteiger partial charge in [0.15, 0.2) is 0 Å². The van der Waals surface area contributed by atoms with Gasteiger partial charge in [0.05, 0.1) is 16.8 Å². The molecular weight excluding hydrogens is 294 g/mol. The Balaban J connectivity index is 1.97. The molecule has 0 radical (unpaired) electrons. The van der Waals surface area contributed by atoms with Gasteiger partial charge < -0.3 is 14.3 Å². The Bertz CT molecular complexity index is 705. The highest BCUT2D eigenvalue weighted by molar-refractivity contribution is 6.61. The maximum Gasteiger partial charge on any atom is 0.512 e. The van der Waals surface area contributed by atoms with E-state index in [1.54, 1.807) is 6.07 Å². The van der Waals surface area contributed by atoms with Crippen molar-refractivity contribution in [2.75, 3.05) is 0 Å². The van der Waals surface area contributed by atoms with Gasteiger partial charge in [-0.1, -0.05) is 0 Å². The van der Waals surface area contributed by atoms with Gasteiger partial charge in [0.1, 0.15) is 0 Å². The summed E-state index contributed by atoms with van der Waals surface area (Å²) in [6.07, 6.45) is -4.35. The van der Waals surface area contributed by atoms with Gasteiger partial charge >= 0.3 is 13.3 Å². The average Bonchev–Trinajstić information content (AvgIpc) is 2.86. The number of benzene rings is 1. The molecule has 1 aromatic carbocycles. The SMILES string of the molecule is CC1(C)OB(c2cc3cc(C(F)(F)F)ccc3[nH]2)OC1(C)C. The number of halogens is 3. The quantitative estimate of drug-likeness (QED) is 0.818. The standard InChI is InChI=1S/C15H17BF3NO2/c1-13(2)14(3,4)22-16(21-13)12-8-9-7-10(15(17,18)19)5-6-11(9)20-12/h5-8,20H,1-4H3. The summed E-state index contributed by atoms with van der Waals surface area (Å²) < 4.78 is 50.1. The van der Waals surface area contributed by atoms with Crippen molar-refractivity contribution in [2.24, 2.45) is 0 Å². The van der Waals surface area contributed by atoms with Crippen LogP contribution in [0.4, 0.5) is 13.2 Å². The van der Waals surface area contributed by atoms with Crippen LogP contribution in [0.5, 0.6) is 0 Å². The first-order chi connectivity index (χ1) is 9.99. The number of H-pyrrole nitrogens is 1. The number of rotatable bonds is 1. The van der Waals surface area contributed by atoms with Crippen molar-refractivity contribution in [3.8, 4) is 0 Å². The summed E-state index contributed by atoms with van der Waals surface area (Å²) in [6, 6.07) is 5.26. The van der Waals surface area contributed by atoms with E-state index in [1.807, 2.05) is 27.7 Å². The zero-order valence-corrected chi connectivity index (χ0v) is 12.8. The van der Waals surface area contributed by atoms with Gasteiger partial charge in [0.25, 0.3) is 0 Å². The normalized spacial score (nSPS) is 20.8. The molecule has 3 rings (SSSR count). The third-order valence-electron chi connectivity index (χ3n) is 4.48. The lowest BCUT2D eigenvalue weighted by Gasteiger charge is -2.32. The van der Waals surface area contributed by atoms with E-state index in [-0.39, 0.29) is 0 Å². The minimum absolute atomic E-state index is 0.486. The fourth-order valence-electron chi connectivity index (χ4n) is 2.43. The van der Waals surface area contributed by atoms with E-state index in [4.69, 9.17) is 9.31 Å². The Morgan fingerprint density at radius 2 is 1.59 bits per heavy atom. The highest BCUT2D eigenvalue weighted by atomic mass is 19.4. The van der Waals surface area contributed by atoms with Crippen LogP contribution in [0.3, 0.4) is 0 Å². The van der Waals surface area contributed by atoms with Crippen molar-refractivity contribution in [2.45, 2.75) is 45.1 Å². The van der Waals surface area contributed by atoms with Gasteiger partial charge in [0, 0.05) is 11.1 Å². The average molecular weight is 311 g/mol. The number of aromatic nitrogens is 1. The molecule has 118 valence electrons. The van der Waals surface area contributed by atoms with Gasteiger partial charge in [-0.3, -0.25) is 0 Å². The van der Waals surface area contributed by atoms with Crippen LogP contribution < -0.4 is 5.59 Å². The number of fused-ring (bicyclic) bond motifs is 1. The second kappa shape index (κ2) is 4.52. The number of alkyl halides is 3. The molecule has 2 aromatic rings. The summed E-state index contributed by atoms with van der Waals surface area (Å²) in [6.45, 7) is 7.71. The molecule has 1 aliphatic heterocycles. The predicted octanol–water partition coefficient (Wildman–Crippen LogP) is 3.49. The van der Waals surface area contributed by atoms with E-state index in [0.717, 1.165) is 12.1 Å². The molecule has 22 heavy (non-hydrogen) atoms. The van der Waals surface area contributed by atoms with Crippen LogP contribution in [0.15, 0.2) is 24.3 Å². The van der Waals surface area contributed by atoms with Crippen LogP contribution in [-0.2, 0) is 15.5 Å². The maximum atomic E-state index is 12.8. The first-order valence-electron chi connectivity index (χ1n) is 7.05. The topological polar surface area (TPSA) is 34.2 Å². The molecule has 0 saturated carbocycles. The second-order valence-corrected chi connectivity index (χ2v) is 6.61. The van der Waals surface area contributed by atoms with E-state index in [1.165, 1.54) is 6.07 Å². The van der Waals surface area contributed by atoms with Crippen molar-refractivity contribution in [1.29, 1.82) is 0 Å². The van der Waals surface area contributed by atoms with Gasteiger partial charge in [-0.25, -0.2) is 0 Å². The van der Waals surface area contributed by atoms with Crippen LogP contribution in [-0.4, -0.2) is 23.3 Å². The van der Waals surface area contributed by atoms with E-state index in [9.17, 15) is 13.2 Å². The molecule has 0 atom stereocenters. The lowest BCUT2D eigenvalue weighted by atomic mass is 9.85. The van der Waals surface area contributed by atoms with E-state index >= 15 is 0 Å². The molecule has 1 fully saturated rings. The van der Waals surface area contributed by atoms with E-state index in [2.05, 4.69) is 4.98 Å². The summed E-state index contributed by atoms with van der Waals surface area (Å²) in [5.74, 6) is 0. The minimum atomic E-state index is -4.35. The third kappa shape index (κ3) is 2.42. The molecule has 3 nitrogen and oxygen atoms in total. The van der Waals surface area contributed by atoms with Crippen LogP contribution in [0.25, 0.3) is 10.9 Å². The molecule has 7 heteroatoms. The highest BCUT2D eigenvalue weighted by Gasteiger charge is 2.52. The van der Waals surface area contributed by atoms with Crippen LogP contribution in [0, 0.1) is 0 Å². The van der Waals surface area contributed by atoms with Crippen molar-refractivity contribution < 1.29 is 22.5 Å². The third-order valence-corrected chi connectivity index (χ3v) is 4.48. The van der Waals surface area contributed by atoms with Crippen LogP contribution in [0.2, 0.25) is 0 Å². The number of aromatic amines is 1. The molecule has 1 aromatic heterocycles. The zero-order valence-electron chi connectivity index (χ0n) is 12.8. The summed E-state index contributed by atoms with van der Waals surface area (Å²) >= 11 is 0. The molecule has 1 saturated heterocycles. The van der Waals surface area contributed by atoms with E-state index in [0.29, 0.717) is 16.5 Å². The van der Waals surface area contributed by atoms with Crippen molar-refractivity contribution in [1.82, 2.24) is 4.98 Å². The van der Waals surface area contributed by atoms with E-state index < -0.39 is 30.1 Å². The molecule has 0 amide bonds. The lowest BCUT2D eigenvalue weighted by molar-refractivity contribution is -0.137. The molecule has 0 bridgehead atoms. The van der Waals surface area contributed by atoms with Crippen LogP contribution >= 0.6 is 0 Å². The first kappa shape index (κ1) is 15.4. The monoisotopic (exact) mass is 311 g/mol. The molecule has 1 N–H and O–H groups in total. The Morgan fingerprint density at radius 1 is 1.00 bits per heavy atom. The summed E-state index contributed by atoms with van der Waals surface area (Å²) in [5.41, 5.74) is -0.414. The summed E-state index contributed by atoms with van der Waals surface area (Å²) in [5, 5.41) is 0.486. The molecule has 0 unspecified atom stereocenters. The molecular formula is C15H17BF3NO2. The zero-order chi connectivity index (χ0) is 16.3. The molecule has 0 aliphatic carbocycles. The molecule has 1 aliphatic rings. The Morgan fingerprint density at radius 3 is 2.14 bits per heavy atom. The fraction of sp³-hybridized carbons (Fsp3) is 0.467. The number of nitrogens with one attached hydrogen (secondary N) is 1. The van der Waals surface area contributed by atoms with Crippen LogP contribution in [0.1, 0.15) is 33.3 Å². The number of hydrogen-bond acceptors (Lipinski definition) is 2. The van der Waals surface area contributed by atoms with Crippen molar-refractivity contribution in [3.63, 3.8) is 0 Å². The van der Waals surface area contributed by atoms with Gasteiger partial charge in [-0.05, 0) is 57.3 Å². The Hall–Kier alpha value is -1.47. The van der Waals surface area contributed by atoms with Gasteiger partial charge in [-0.15, -0.1) is 0 Å². The second-order valence-electron chi connectivity index (χ2n) is 6.61. The Labute approximate surface area is 126 Å².